The Kier molecular flexibility index (Phi) is 7.27. The quantitative estimate of drug-likeness (QED) is 0.226. The maximum Gasteiger partial charge on any atom is 0.217 e. The van der Waals surface area contributed by atoms with Crippen LogP contribution in [-0.4, -0.2) is 116 Å². The van der Waals surface area contributed by atoms with Gasteiger partial charge in [-0.1, -0.05) is 0 Å². The molecule has 12 heteroatoms. The van der Waals surface area contributed by atoms with Crippen LogP contribution >= 0.6 is 0 Å². The van der Waals surface area contributed by atoms with Gasteiger partial charge in [-0.15, -0.1) is 0 Å². The maximum absolute atomic E-state index is 11.4. The third-order valence-corrected chi connectivity index (χ3v) is 4.38. The van der Waals surface area contributed by atoms with E-state index < -0.39 is 80.5 Å². The van der Waals surface area contributed by atoms with Crippen LogP contribution in [0.4, 0.5) is 0 Å². The number of hydrogen-bond donors (Lipinski definition) is 8. The normalized spacial score (nSPS) is 46.8. The molecule has 10 atom stereocenters. The molecule has 0 saturated carbocycles. The lowest BCUT2D eigenvalue weighted by molar-refractivity contribution is -0.341. The first-order chi connectivity index (χ1) is 12.2. The Morgan fingerprint density at radius 2 is 1.54 bits per heavy atom. The summed E-state index contributed by atoms with van der Waals surface area (Å²) in [5.74, 6) is -0.574. The predicted molar refractivity (Wildman–Crippen MR) is 80.2 cm³/mol. The molecule has 2 fully saturated rings. The number of ether oxygens (including phenoxy) is 3. The Morgan fingerprint density at radius 1 is 0.923 bits per heavy atom. The fourth-order valence-electron chi connectivity index (χ4n) is 2.98. The van der Waals surface area contributed by atoms with Gasteiger partial charge in [0.15, 0.2) is 12.6 Å². The molecule has 12 nitrogen and oxygen atoms in total. The van der Waals surface area contributed by atoms with E-state index in [0.717, 1.165) is 6.92 Å². The molecule has 2 aliphatic rings. The molecule has 0 spiro atoms. The van der Waals surface area contributed by atoms with Crippen molar-refractivity contribution in [3.8, 4) is 0 Å². The molecule has 2 heterocycles. The van der Waals surface area contributed by atoms with Gasteiger partial charge in [0.05, 0.1) is 13.2 Å². The second-order valence-electron chi connectivity index (χ2n) is 6.26. The van der Waals surface area contributed by atoms with Gasteiger partial charge in [0, 0.05) is 6.92 Å². The van der Waals surface area contributed by atoms with E-state index in [1.807, 2.05) is 0 Å². The van der Waals surface area contributed by atoms with Crippen LogP contribution in [0.5, 0.6) is 0 Å². The smallest absolute Gasteiger partial charge is 0.217 e. The molecular weight excluding hydrogens is 358 g/mol. The largest absolute Gasteiger partial charge is 0.394 e. The summed E-state index contributed by atoms with van der Waals surface area (Å²) in [5.41, 5.74) is 0. The van der Waals surface area contributed by atoms with Gasteiger partial charge in [-0.2, -0.15) is 0 Å². The van der Waals surface area contributed by atoms with Gasteiger partial charge < -0.3 is 55.3 Å². The molecule has 0 aliphatic carbocycles. The summed E-state index contributed by atoms with van der Waals surface area (Å²) < 4.78 is 15.8. The zero-order chi connectivity index (χ0) is 19.6. The Hall–Kier alpha value is -0.930. The average molecular weight is 383 g/mol. The minimum Gasteiger partial charge on any atom is -0.394 e. The summed E-state index contributed by atoms with van der Waals surface area (Å²) in [6, 6.07) is -1.28. The fourth-order valence-corrected chi connectivity index (χ4v) is 2.98. The van der Waals surface area contributed by atoms with E-state index in [-0.39, 0.29) is 0 Å². The summed E-state index contributed by atoms with van der Waals surface area (Å²) in [5, 5.41) is 70.5. The van der Waals surface area contributed by atoms with Crippen molar-refractivity contribution in [3.63, 3.8) is 0 Å². The second kappa shape index (κ2) is 8.84. The van der Waals surface area contributed by atoms with E-state index in [1.54, 1.807) is 0 Å². The minimum absolute atomic E-state index is 0.574. The maximum atomic E-state index is 11.4. The van der Waals surface area contributed by atoms with Crippen molar-refractivity contribution in [2.45, 2.75) is 68.3 Å². The molecule has 2 rings (SSSR count). The van der Waals surface area contributed by atoms with Crippen LogP contribution in [0.25, 0.3) is 0 Å². The Morgan fingerprint density at radius 3 is 2.08 bits per heavy atom. The highest BCUT2D eigenvalue weighted by Gasteiger charge is 2.50. The van der Waals surface area contributed by atoms with E-state index in [0.29, 0.717) is 0 Å². The average Bonchev–Trinajstić information content (AvgIpc) is 2.60. The van der Waals surface area contributed by atoms with Gasteiger partial charge in [-0.05, 0) is 0 Å². The van der Waals surface area contributed by atoms with Gasteiger partial charge in [-0.3, -0.25) is 4.79 Å². The van der Waals surface area contributed by atoms with E-state index in [1.165, 1.54) is 0 Å². The summed E-state index contributed by atoms with van der Waals surface area (Å²) in [4.78, 5) is 11.4. The van der Waals surface area contributed by atoms with Crippen molar-refractivity contribution in [1.29, 1.82) is 0 Å². The van der Waals surface area contributed by atoms with Gasteiger partial charge >= 0.3 is 0 Å². The van der Waals surface area contributed by atoms with Gasteiger partial charge in [0.2, 0.25) is 5.91 Å². The highest BCUT2D eigenvalue weighted by molar-refractivity contribution is 5.73. The first kappa shape index (κ1) is 21.4. The summed E-state index contributed by atoms with van der Waals surface area (Å²) in [6.45, 7) is -0.194. The van der Waals surface area contributed by atoms with Gasteiger partial charge in [-0.25, -0.2) is 0 Å². The molecule has 0 unspecified atom stereocenters. The standard InChI is InChI=1S/C14H25NO11/c1-4(18)15-7-9(20)8(19)5(2-16)25-14(7)26-12-6(3-17)24-13(23)11(22)10(12)21/h5-14,16-17,19-23H,2-3H2,1H3,(H,15,18)/t5-,6-,7-,8-,9-,10-,11+,12-,13+,14+/m1/s1. The Bertz CT molecular complexity index is 478. The van der Waals surface area contributed by atoms with Crippen molar-refractivity contribution < 1.29 is 54.8 Å². The third kappa shape index (κ3) is 4.31. The Balaban J connectivity index is 2.22. The highest BCUT2D eigenvalue weighted by Crippen LogP contribution is 2.28. The lowest BCUT2D eigenvalue weighted by Crippen LogP contribution is -2.67. The van der Waals surface area contributed by atoms with E-state index in [4.69, 9.17) is 14.2 Å². The molecule has 2 aliphatic heterocycles. The van der Waals surface area contributed by atoms with Crippen LogP contribution in [0, 0.1) is 0 Å². The van der Waals surface area contributed by atoms with E-state index in [2.05, 4.69) is 5.32 Å². The van der Waals surface area contributed by atoms with Crippen LogP contribution < -0.4 is 5.32 Å². The summed E-state index contributed by atoms with van der Waals surface area (Å²) >= 11 is 0. The molecule has 2 saturated heterocycles. The number of amides is 1. The molecule has 0 radical (unpaired) electrons. The van der Waals surface area contributed by atoms with E-state index >= 15 is 0 Å². The Labute approximate surface area is 148 Å². The van der Waals surface area contributed by atoms with Crippen LogP contribution in [0.15, 0.2) is 0 Å². The topological polar surface area (TPSA) is 198 Å². The zero-order valence-electron chi connectivity index (χ0n) is 14.0. The zero-order valence-corrected chi connectivity index (χ0v) is 14.0. The second-order valence-corrected chi connectivity index (χ2v) is 6.26. The minimum atomic E-state index is -1.75. The predicted octanol–water partition coefficient (Wildman–Crippen LogP) is -5.25. The highest BCUT2D eigenvalue weighted by atomic mass is 16.7. The number of hydrogen-bond acceptors (Lipinski definition) is 11. The molecule has 0 aromatic heterocycles. The number of aliphatic hydroxyl groups is 7. The monoisotopic (exact) mass is 383 g/mol. The molecule has 152 valence electrons. The lowest BCUT2D eigenvalue weighted by Gasteiger charge is -2.46. The number of carbonyl (C=O) groups excluding carboxylic acids is 1. The number of carbonyl (C=O) groups is 1. The van der Waals surface area contributed by atoms with E-state index in [9.17, 15) is 40.5 Å². The van der Waals surface area contributed by atoms with Crippen molar-refractivity contribution in [3.05, 3.63) is 0 Å². The number of aliphatic hydroxyl groups excluding tert-OH is 7. The number of rotatable bonds is 5. The van der Waals surface area contributed by atoms with Crippen molar-refractivity contribution >= 4 is 5.91 Å². The van der Waals surface area contributed by atoms with Crippen molar-refractivity contribution in [2.75, 3.05) is 13.2 Å². The van der Waals surface area contributed by atoms with Crippen LogP contribution in [0.3, 0.4) is 0 Å². The molecule has 26 heavy (non-hydrogen) atoms. The molecular formula is C14H25NO11. The van der Waals surface area contributed by atoms with Crippen molar-refractivity contribution in [1.82, 2.24) is 5.32 Å². The first-order valence-electron chi connectivity index (χ1n) is 8.06. The first-order valence-corrected chi connectivity index (χ1v) is 8.06. The van der Waals surface area contributed by atoms with Gasteiger partial charge in [0.1, 0.15) is 48.8 Å². The van der Waals surface area contributed by atoms with Crippen molar-refractivity contribution in [2.24, 2.45) is 0 Å². The molecule has 0 bridgehead atoms. The molecule has 0 aromatic carbocycles. The fraction of sp³-hybridized carbons (Fsp3) is 0.929. The third-order valence-electron chi connectivity index (χ3n) is 4.38. The van der Waals surface area contributed by atoms with Gasteiger partial charge in [0.25, 0.3) is 0 Å². The van der Waals surface area contributed by atoms with Crippen LogP contribution in [0.1, 0.15) is 6.92 Å². The molecule has 1 amide bonds. The SMILES string of the molecule is CC(=O)N[C@H]1[C@H](O[C@H]2[C@H](O)[C@H](O)[C@@H](O)O[C@@H]2CO)O[C@H](CO)[C@@H](O)[C@@H]1O. The molecule has 8 N–H and O–H groups in total. The van der Waals surface area contributed by atoms with Crippen LogP contribution in [0.2, 0.25) is 0 Å². The lowest BCUT2D eigenvalue weighted by atomic mass is 9.95. The summed E-state index contributed by atoms with van der Waals surface area (Å²) in [7, 11) is 0. The van der Waals surface area contributed by atoms with Crippen LogP contribution in [-0.2, 0) is 19.0 Å². The number of nitrogens with one attached hydrogen (secondary N) is 1. The molecule has 0 aromatic rings. The summed E-state index contributed by atoms with van der Waals surface area (Å²) in [6.07, 6.45) is -13.6.